The standard InChI is InChI=1S/C16H23N5O/c1-17-16(19-10-8-14-7-5-11-22-14)20-12-13-6-4-9-18-15(13)21(2)3/h4-7,9,11H,8,10,12H2,1-3H3,(H2,17,19,20). The predicted molar refractivity (Wildman–Crippen MR) is 89.2 cm³/mol. The summed E-state index contributed by atoms with van der Waals surface area (Å²) in [7, 11) is 5.74. The van der Waals surface area contributed by atoms with Crippen molar-refractivity contribution in [1.29, 1.82) is 0 Å². The van der Waals surface area contributed by atoms with Crippen LogP contribution in [-0.4, -0.2) is 38.6 Å². The summed E-state index contributed by atoms with van der Waals surface area (Å²) in [5, 5.41) is 6.57. The minimum absolute atomic E-state index is 0.668. The lowest BCUT2D eigenvalue weighted by atomic mass is 10.2. The molecule has 2 rings (SSSR count). The third-order valence-electron chi connectivity index (χ3n) is 3.20. The number of furan rings is 1. The first kappa shape index (κ1) is 15.9. The Labute approximate surface area is 131 Å². The summed E-state index contributed by atoms with van der Waals surface area (Å²) in [5.74, 6) is 2.69. The van der Waals surface area contributed by atoms with E-state index in [2.05, 4.69) is 26.7 Å². The molecule has 2 aromatic rings. The van der Waals surface area contributed by atoms with Crippen LogP contribution >= 0.6 is 0 Å². The fourth-order valence-corrected chi connectivity index (χ4v) is 2.13. The van der Waals surface area contributed by atoms with E-state index in [1.54, 1.807) is 19.5 Å². The molecule has 0 fully saturated rings. The minimum atomic E-state index is 0.668. The van der Waals surface area contributed by atoms with Crippen LogP contribution in [0.2, 0.25) is 0 Å². The Hall–Kier alpha value is -2.50. The zero-order chi connectivity index (χ0) is 15.8. The molecule has 0 radical (unpaired) electrons. The van der Waals surface area contributed by atoms with E-state index in [0.717, 1.165) is 36.1 Å². The van der Waals surface area contributed by atoms with Crippen LogP contribution in [0.3, 0.4) is 0 Å². The second-order valence-electron chi connectivity index (χ2n) is 5.06. The molecule has 0 saturated carbocycles. The van der Waals surface area contributed by atoms with Crippen LogP contribution in [0.5, 0.6) is 0 Å². The van der Waals surface area contributed by atoms with Crippen LogP contribution in [0.25, 0.3) is 0 Å². The number of hydrogen-bond acceptors (Lipinski definition) is 4. The first-order valence-electron chi connectivity index (χ1n) is 7.29. The monoisotopic (exact) mass is 301 g/mol. The van der Waals surface area contributed by atoms with Gasteiger partial charge < -0.3 is 20.0 Å². The highest BCUT2D eigenvalue weighted by molar-refractivity contribution is 5.79. The second kappa shape index (κ2) is 8.07. The molecule has 2 aromatic heterocycles. The molecule has 2 N–H and O–H groups in total. The molecule has 0 aliphatic carbocycles. The maximum atomic E-state index is 5.31. The van der Waals surface area contributed by atoms with E-state index in [9.17, 15) is 0 Å². The Morgan fingerprint density at radius 3 is 2.82 bits per heavy atom. The Morgan fingerprint density at radius 2 is 2.14 bits per heavy atom. The first-order valence-corrected chi connectivity index (χ1v) is 7.29. The number of aromatic nitrogens is 1. The summed E-state index contributed by atoms with van der Waals surface area (Å²) < 4.78 is 5.31. The van der Waals surface area contributed by atoms with Crippen LogP contribution in [-0.2, 0) is 13.0 Å². The van der Waals surface area contributed by atoms with Crippen molar-refractivity contribution in [3.8, 4) is 0 Å². The summed E-state index contributed by atoms with van der Waals surface area (Å²) in [4.78, 5) is 10.6. The largest absolute Gasteiger partial charge is 0.469 e. The van der Waals surface area contributed by atoms with Crippen LogP contribution in [0.4, 0.5) is 5.82 Å². The van der Waals surface area contributed by atoms with E-state index in [0.29, 0.717) is 6.54 Å². The third kappa shape index (κ3) is 4.51. The molecule has 0 unspecified atom stereocenters. The van der Waals surface area contributed by atoms with Gasteiger partial charge in [0.05, 0.1) is 6.26 Å². The molecule has 118 valence electrons. The van der Waals surface area contributed by atoms with Gasteiger partial charge in [-0.25, -0.2) is 4.98 Å². The van der Waals surface area contributed by atoms with E-state index in [4.69, 9.17) is 4.42 Å². The van der Waals surface area contributed by atoms with Gasteiger partial charge in [0, 0.05) is 52.4 Å². The number of guanidine groups is 1. The average molecular weight is 301 g/mol. The lowest BCUT2D eigenvalue weighted by Crippen LogP contribution is -2.38. The Morgan fingerprint density at radius 1 is 1.27 bits per heavy atom. The van der Waals surface area contributed by atoms with Gasteiger partial charge in [-0.1, -0.05) is 6.07 Å². The van der Waals surface area contributed by atoms with E-state index in [1.165, 1.54) is 0 Å². The van der Waals surface area contributed by atoms with Crippen LogP contribution < -0.4 is 15.5 Å². The summed E-state index contributed by atoms with van der Waals surface area (Å²) in [5.41, 5.74) is 1.13. The molecule has 0 saturated heterocycles. The molecule has 0 aliphatic rings. The maximum absolute atomic E-state index is 5.31. The van der Waals surface area contributed by atoms with Gasteiger partial charge in [-0.05, 0) is 18.2 Å². The highest BCUT2D eigenvalue weighted by Crippen LogP contribution is 2.13. The Balaban J connectivity index is 1.84. The van der Waals surface area contributed by atoms with Crippen molar-refractivity contribution in [2.75, 3.05) is 32.6 Å². The average Bonchev–Trinajstić information content (AvgIpc) is 3.04. The molecule has 0 amide bonds. The SMILES string of the molecule is CN=C(NCCc1ccco1)NCc1cccnc1N(C)C. The van der Waals surface area contributed by atoms with E-state index in [1.807, 2.05) is 37.2 Å². The fourth-order valence-electron chi connectivity index (χ4n) is 2.13. The number of anilines is 1. The van der Waals surface area contributed by atoms with E-state index >= 15 is 0 Å². The first-order chi connectivity index (χ1) is 10.7. The lowest BCUT2D eigenvalue weighted by Gasteiger charge is -2.17. The van der Waals surface area contributed by atoms with Crippen molar-refractivity contribution in [1.82, 2.24) is 15.6 Å². The number of rotatable bonds is 6. The second-order valence-corrected chi connectivity index (χ2v) is 5.06. The molecule has 0 aliphatic heterocycles. The normalized spacial score (nSPS) is 11.3. The number of nitrogens with zero attached hydrogens (tertiary/aromatic N) is 3. The molecular weight excluding hydrogens is 278 g/mol. The zero-order valence-electron chi connectivity index (χ0n) is 13.3. The van der Waals surface area contributed by atoms with Gasteiger partial charge in [-0.3, -0.25) is 4.99 Å². The number of hydrogen-bond donors (Lipinski definition) is 2. The number of pyridine rings is 1. The molecule has 0 spiro atoms. The summed E-state index contributed by atoms with van der Waals surface area (Å²) in [6.45, 7) is 1.43. The fraction of sp³-hybridized carbons (Fsp3) is 0.375. The molecule has 0 bridgehead atoms. The van der Waals surface area contributed by atoms with Crippen molar-refractivity contribution < 1.29 is 4.42 Å². The smallest absolute Gasteiger partial charge is 0.191 e. The minimum Gasteiger partial charge on any atom is -0.469 e. The van der Waals surface area contributed by atoms with Gasteiger partial charge in [0.1, 0.15) is 11.6 Å². The van der Waals surface area contributed by atoms with Gasteiger partial charge in [-0.2, -0.15) is 0 Å². The summed E-state index contributed by atoms with van der Waals surface area (Å²) in [6, 6.07) is 7.87. The van der Waals surface area contributed by atoms with E-state index in [-0.39, 0.29) is 0 Å². The molecule has 0 aromatic carbocycles. The topological polar surface area (TPSA) is 65.7 Å². The van der Waals surface area contributed by atoms with Crippen molar-refractivity contribution >= 4 is 11.8 Å². The van der Waals surface area contributed by atoms with Crippen molar-refractivity contribution in [3.63, 3.8) is 0 Å². The Bertz CT molecular complexity index is 592. The predicted octanol–water partition coefficient (Wildman–Crippen LogP) is 1.65. The molecule has 22 heavy (non-hydrogen) atoms. The molecular formula is C16H23N5O. The van der Waals surface area contributed by atoms with Gasteiger partial charge >= 0.3 is 0 Å². The van der Waals surface area contributed by atoms with Crippen LogP contribution in [0, 0.1) is 0 Å². The lowest BCUT2D eigenvalue weighted by molar-refractivity contribution is 0.507. The van der Waals surface area contributed by atoms with Crippen molar-refractivity contribution in [3.05, 3.63) is 48.0 Å². The summed E-state index contributed by atoms with van der Waals surface area (Å²) in [6.07, 6.45) is 4.31. The Kier molecular flexibility index (Phi) is 5.82. The zero-order valence-corrected chi connectivity index (χ0v) is 13.3. The van der Waals surface area contributed by atoms with Gasteiger partial charge in [-0.15, -0.1) is 0 Å². The molecule has 6 heteroatoms. The van der Waals surface area contributed by atoms with Gasteiger partial charge in [0.15, 0.2) is 5.96 Å². The van der Waals surface area contributed by atoms with Crippen molar-refractivity contribution in [2.45, 2.75) is 13.0 Å². The molecule has 0 atom stereocenters. The maximum Gasteiger partial charge on any atom is 0.191 e. The number of aliphatic imine (C=N–C) groups is 1. The molecule has 6 nitrogen and oxygen atoms in total. The van der Waals surface area contributed by atoms with Crippen LogP contribution in [0.1, 0.15) is 11.3 Å². The van der Waals surface area contributed by atoms with Crippen molar-refractivity contribution in [2.24, 2.45) is 4.99 Å². The third-order valence-corrected chi connectivity index (χ3v) is 3.20. The number of nitrogens with one attached hydrogen (secondary N) is 2. The van der Waals surface area contributed by atoms with Crippen LogP contribution in [0.15, 0.2) is 46.1 Å². The van der Waals surface area contributed by atoms with Gasteiger partial charge in [0.2, 0.25) is 0 Å². The highest BCUT2D eigenvalue weighted by atomic mass is 16.3. The summed E-state index contributed by atoms with van der Waals surface area (Å²) >= 11 is 0. The van der Waals surface area contributed by atoms with Gasteiger partial charge in [0.25, 0.3) is 0 Å². The van der Waals surface area contributed by atoms with E-state index < -0.39 is 0 Å². The quantitative estimate of drug-likeness (QED) is 0.627. The molecule has 2 heterocycles. The highest BCUT2D eigenvalue weighted by Gasteiger charge is 2.06.